The fourth-order valence-electron chi connectivity index (χ4n) is 3.54. The van der Waals surface area contributed by atoms with Gasteiger partial charge in [0, 0.05) is 31.9 Å². The maximum Gasteiger partial charge on any atom is 0.242 e. The quantitative estimate of drug-likeness (QED) is 0.647. The molecule has 1 aromatic carbocycles. The smallest absolute Gasteiger partial charge is 0.242 e. The first kappa shape index (κ1) is 17.6. The van der Waals surface area contributed by atoms with Gasteiger partial charge < -0.3 is 4.57 Å². The lowest BCUT2D eigenvalue weighted by molar-refractivity contribution is 0.573. The summed E-state index contributed by atoms with van der Waals surface area (Å²) < 4.78 is 31.9. The van der Waals surface area contributed by atoms with Crippen LogP contribution in [0.5, 0.6) is 0 Å². The molecule has 0 unspecified atom stereocenters. The highest BCUT2D eigenvalue weighted by molar-refractivity contribution is 7.90. The molecule has 3 aromatic rings. The molecule has 0 aliphatic heterocycles. The fourth-order valence-corrected chi connectivity index (χ4v) is 6.47. The van der Waals surface area contributed by atoms with Crippen LogP contribution in [-0.2, 0) is 16.6 Å². The second kappa shape index (κ2) is 6.27. The van der Waals surface area contributed by atoms with Gasteiger partial charge in [-0.3, -0.25) is 0 Å². The van der Waals surface area contributed by atoms with Crippen LogP contribution in [-0.4, -0.2) is 23.2 Å². The summed E-state index contributed by atoms with van der Waals surface area (Å²) in [5, 5.41) is 9.83. The lowest BCUT2D eigenvalue weighted by atomic mass is 10.2. The molecule has 2 aliphatic rings. The Morgan fingerprint density at radius 3 is 2.74 bits per heavy atom. The molecule has 2 heterocycles. The van der Waals surface area contributed by atoms with Crippen molar-refractivity contribution >= 4 is 43.0 Å². The maximum atomic E-state index is 13.1. The largest absolute Gasteiger partial charge is 0.311 e. The van der Waals surface area contributed by atoms with E-state index in [1.807, 2.05) is 13.0 Å². The van der Waals surface area contributed by atoms with Crippen molar-refractivity contribution in [2.45, 2.75) is 56.0 Å². The summed E-state index contributed by atoms with van der Waals surface area (Å²) in [6.45, 7) is 1.97. The maximum absolute atomic E-state index is 13.1. The second-order valence-electron chi connectivity index (χ2n) is 7.30. The molecule has 142 valence electrons. The average Bonchev–Trinajstić information content (AvgIpc) is 3.54. The highest BCUT2D eigenvalue weighted by Gasteiger charge is 2.36. The predicted molar refractivity (Wildman–Crippen MR) is 106 cm³/mol. The number of nitrogens with one attached hydrogen (secondary N) is 1. The fraction of sp³-hybridized carbons (Fsp3) is 0.444. The van der Waals surface area contributed by atoms with Gasteiger partial charge in [0.05, 0.1) is 6.54 Å². The number of sulfonamides is 1. The van der Waals surface area contributed by atoms with Gasteiger partial charge in [-0.2, -0.15) is 0 Å². The molecule has 2 aromatic heterocycles. The summed E-state index contributed by atoms with van der Waals surface area (Å²) in [5.74, 6) is 2.22. The van der Waals surface area contributed by atoms with Crippen LogP contribution in [0.25, 0.3) is 10.1 Å². The molecule has 6 nitrogen and oxygen atoms in total. The number of hydrogen-bond donors (Lipinski definition) is 1. The zero-order valence-electron chi connectivity index (χ0n) is 14.8. The number of aryl methyl sites for hydroxylation is 1. The van der Waals surface area contributed by atoms with Gasteiger partial charge in [0.2, 0.25) is 10.0 Å². The molecule has 2 aliphatic carbocycles. The Labute approximate surface area is 166 Å². The first-order chi connectivity index (χ1) is 12.9. The van der Waals surface area contributed by atoms with Crippen LogP contribution in [0.1, 0.15) is 54.2 Å². The van der Waals surface area contributed by atoms with Gasteiger partial charge in [0.15, 0.2) is 0 Å². The average molecular weight is 423 g/mol. The molecule has 0 radical (unpaired) electrons. The first-order valence-electron chi connectivity index (χ1n) is 9.06. The van der Waals surface area contributed by atoms with Crippen LogP contribution in [0.4, 0.5) is 0 Å². The second-order valence-corrected chi connectivity index (χ2v) is 10.7. The minimum absolute atomic E-state index is 0.149. The van der Waals surface area contributed by atoms with Crippen molar-refractivity contribution in [2.75, 3.05) is 0 Å². The minimum Gasteiger partial charge on any atom is -0.311 e. The molecule has 2 fully saturated rings. The molecule has 5 rings (SSSR count). The summed E-state index contributed by atoms with van der Waals surface area (Å²) in [6, 6.07) is 5.78. The van der Waals surface area contributed by atoms with Gasteiger partial charge >= 0.3 is 0 Å². The van der Waals surface area contributed by atoms with Crippen LogP contribution < -0.4 is 4.72 Å². The van der Waals surface area contributed by atoms with Gasteiger partial charge in [0.1, 0.15) is 16.5 Å². The zero-order valence-corrected chi connectivity index (χ0v) is 17.2. The lowest BCUT2D eigenvalue weighted by Crippen LogP contribution is -2.25. The van der Waals surface area contributed by atoms with Crippen molar-refractivity contribution in [3.63, 3.8) is 0 Å². The number of aromatic nitrogens is 3. The van der Waals surface area contributed by atoms with E-state index in [0.717, 1.165) is 41.1 Å². The summed E-state index contributed by atoms with van der Waals surface area (Å²) in [6.07, 6.45) is 4.53. The summed E-state index contributed by atoms with van der Waals surface area (Å²) >= 11 is 7.55. The Morgan fingerprint density at radius 1 is 1.26 bits per heavy atom. The Hall–Kier alpha value is -1.48. The van der Waals surface area contributed by atoms with Gasteiger partial charge in [-0.15, -0.1) is 21.5 Å². The third-order valence-electron chi connectivity index (χ3n) is 5.11. The topological polar surface area (TPSA) is 76.9 Å². The Morgan fingerprint density at radius 2 is 2.04 bits per heavy atom. The summed E-state index contributed by atoms with van der Waals surface area (Å²) in [4.78, 5) is 1.06. The van der Waals surface area contributed by atoms with Crippen LogP contribution in [0.15, 0.2) is 23.1 Å². The van der Waals surface area contributed by atoms with Crippen molar-refractivity contribution < 1.29 is 8.42 Å². The summed E-state index contributed by atoms with van der Waals surface area (Å²) in [7, 11) is -3.69. The molecular weight excluding hydrogens is 404 g/mol. The molecule has 1 N–H and O–H groups in total. The minimum atomic E-state index is -3.69. The van der Waals surface area contributed by atoms with E-state index >= 15 is 0 Å². The molecule has 0 spiro atoms. The van der Waals surface area contributed by atoms with Crippen LogP contribution in [0.2, 0.25) is 5.02 Å². The normalized spacial score (nSPS) is 17.7. The van der Waals surface area contributed by atoms with Crippen LogP contribution in [0.3, 0.4) is 0 Å². The first-order valence-corrected chi connectivity index (χ1v) is 11.7. The highest BCUT2D eigenvalue weighted by Crippen LogP contribution is 2.44. The van der Waals surface area contributed by atoms with Gasteiger partial charge in [-0.05, 0) is 50.8 Å². The number of nitrogens with zero attached hydrogens (tertiary/aromatic N) is 3. The molecule has 0 atom stereocenters. The van der Waals surface area contributed by atoms with Crippen LogP contribution >= 0.6 is 22.9 Å². The van der Waals surface area contributed by atoms with E-state index < -0.39 is 10.0 Å². The monoisotopic (exact) mass is 422 g/mol. The van der Waals surface area contributed by atoms with E-state index in [9.17, 15) is 8.42 Å². The molecule has 27 heavy (non-hydrogen) atoms. The van der Waals surface area contributed by atoms with E-state index in [-0.39, 0.29) is 6.54 Å². The molecule has 9 heteroatoms. The molecule has 0 amide bonds. The van der Waals surface area contributed by atoms with Gasteiger partial charge in [-0.1, -0.05) is 11.6 Å². The standard InChI is InChI=1S/C18H19ClN4O2S2/c1-10-17(14-8-12(19)4-7-15(14)26-10)27(24,25)20-9-16-21-22-18(11-2-3-11)23(16)13-5-6-13/h4,7-8,11,13,20H,2-3,5-6,9H2,1H3. The van der Waals surface area contributed by atoms with Crippen molar-refractivity contribution in [1.82, 2.24) is 19.5 Å². The number of halogens is 1. The number of thiophene rings is 1. The number of rotatable bonds is 6. The third kappa shape index (κ3) is 3.18. The molecular formula is C18H19ClN4O2S2. The Bertz CT molecular complexity index is 1140. The highest BCUT2D eigenvalue weighted by atomic mass is 35.5. The van der Waals surface area contributed by atoms with Crippen LogP contribution in [0, 0.1) is 6.92 Å². The third-order valence-corrected chi connectivity index (χ3v) is 8.14. The van der Waals surface area contributed by atoms with Crippen molar-refractivity contribution in [3.05, 3.63) is 39.7 Å². The number of fused-ring (bicyclic) bond motifs is 1. The van der Waals surface area contributed by atoms with E-state index in [1.165, 1.54) is 11.3 Å². The SMILES string of the molecule is Cc1sc2ccc(Cl)cc2c1S(=O)(=O)NCc1nnc(C2CC2)n1C1CC1. The Balaban J connectivity index is 1.46. The van der Waals surface area contributed by atoms with E-state index in [1.54, 1.807) is 12.1 Å². The van der Waals surface area contributed by atoms with Crippen molar-refractivity contribution in [3.8, 4) is 0 Å². The van der Waals surface area contributed by atoms with Gasteiger partial charge in [-0.25, -0.2) is 13.1 Å². The van der Waals surface area contributed by atoms with E-state index in [4.69, 9.17) is 11.6 Å². The number of benzene rings is 1. The van der Waals surface area contributed by atoms with Gasteiger partial charge in [0.25, 0.3) is 0 Å². The van der Waals surface area contributed by atoms with E-state index in [2.05, 4.69) is 19.5 Å². The molecule has 2 saturated carbocycles. The van der Waals surface area contributed by atoms with Crippen molar-refractivity contribution in [2.24, 2.45) is 0 Å². The zero-order chi connectivity index (χ0) is 18.8. The molecule has 0 bridgehead atoms. The summed E-state index contributed by atoms with van der Waals surface area (Å²) in [5.41, 5.74) is 0. The van der Waals surface area contributed by atoms with E-state index in [0.29, 0.717) is 33.1 Å². The van der Waals surface area contributed by atoms with Crippen molar-refractivity contribution in [1.29, 1.82) is 0 Å². The molecule has 0 saturated heterocycles. The predicted octanol–water partition coefficient (Wildman–Crippen LogP) is 4.15. The lowest BCUT2D eigenvalue weighted by Gasteiger charge is -2.10. The Kier molecular flexibility index (Phi) is 4.09. The number of hydrogen-bond acceptors (Lipinski definition) is 5.